The molecule has 0 unspecified atom stereocenters. The van der Waals surface area contributed by atoms with Gasteiger partial charge in [0.1, 0.15) is 24.0 Å². The summed E-state index contributed by atoms with van der Waals surface area (Å²) in [7, 11) is 0. The molecule has 3 aromatic rings. The molecule has 0 spiro atoms. The second-order valence-electron chi connectivity index (χ2n) is 9.47. The molecule has 2 heterocycles. The number of fused-ring (bicyclic) bond motifs is 1. The van der Waals surface area contributed by atoms with Crippen molar-refractivity contribution in [2.45, 2.75) is 27.7 Å². The van der Waals surface area contributed by atoms with Gasteiger partial charge in [-0.1, -0.05) is 59.6 Å². The number of aliphatic imine (C=N–C) groups is 1. The average Bonchev–Trinajstić information content (AvgIpc) is 3.36. The van der Waals surface area contributed by atoms with Crippen molar-refractivity contribution in [2.24, 2.45) is 10.1 Å². The number of carbonyl (C=O) groups is 1. The van der Waals surface area contributed by atoms with Gasteiger partial charge >= 0.3 is 0 Å². The molecule has 1 N–H and O–H groups in total. The minimum absolute atomic E-state index is 0.0623. The number of para-hydroxylation sites is 1. The lowest BCUT2D eigenvalue weighted by Gasteiger charge is -2.20. The lowest BCUT2D eigenvalue weighted by molar-refractivity contribution is -0.114. The Bertz CT molecular complexity index is 1590. The van der Waals surface area contributed by atoms with E-state index in [9.17, 15) is 4.79 Å². The molecule has 0 saturated heterocycles. The maximum Gasteiger partial charge on any atom is 0.283 e. The van der Waals surface area contributed by atoms with Gasteiger partial charge in [0.25, 0.3) is 5.91 Å². The first-order valence-electron chi connectivity index (χ1n) is 13.1. The van der Waals surface area contributed by atoms with Crippen molar-refractivity contribution in [3.05, 3.63) is 93.0 Å². The van der Waals surface area contributed by atoms with Gasteiger partial charge < -0.3 is 14.2 Å². The Balaban J connectivity index is 1.34. The van der Waals surface area contributed by atoms with Crippen molar-refractivity contribution >= 4 is 51.4 Å². The lowest BCUT2D eigenvalue weighted by atomic mass is 10.1. The molecule has 41 heavy (non-hydrogen) atoms. The summed E-state index contributed by atoms with van der Waals surface area (Å²) < 4.78 is 17.7. The number of amides is 1. The molecule has 0 radical (unpaired) electrons. The van der Waals surface area contributed by atoms with Crippen LogP contribution in [0.15, 0.2) is 70.3 Å². The highest BCUT2D eigenvalue weighted by molar-refractivity contribution is 8.27. The number of rotatable bonds is 9. The molecule has 3 aromatic carbocycles. The zero-order chi connectivity index (χ0) is 29.1. The predicted octanol–water partition coefficient (Wildman–Crippen LogP) is 6.79. The van der Waals surface area contributed by atoms with Crippen LogP contribution in [0.2, 0.25) is 5.02 Å². The topological polar surface area (TPSA) is 96.6 Å². The van der Waals surface area contributed by atoms with Crippen LogP contribution in [0.25, 0.3) is 6.08 Å². The van der Waals surface area contributed by atoms with Crippen LogP contribution < -0.4 is 14.2 Å². The Labute approximate surface area is 248 Å². The summed E-state index contributed by atoms with van der Waals surface area (Å²) in [4.78, 5) is 17.1. The number of nitrogens with one attached hydrogen (secondary N) is 1. The maximum atomic E-state index is 13.0. The molecular formula is C31H29ClN4O4S. The zero-order valence-corrected chi connectivity index (χ0v) is 24.7. The van der Waals surface area contributed by atoms with E-state index in [1.54, 1.807) is 18.2 Å². The third-order valence-corrected chi connectivity index (χ3v) is 7.62. The fraction of sp³-hybridized carbons (Fsp3) is 0.226. The third kappa shape index (κ3) is 6.16. The molecule has 0 bridgehead atoms. The van der Waals surface area contributed by atoms with Crippen molar-refractivity contribution in [1.82, 2.24) is 5.01 Å². The van der Waals surface area contributed by atoms with Gasteiger partial charge in [-0.3, -0.25) is 10.2 Å². The van der Waals surface area contributed by atoms with Crippen LogP contribution in [0.3, 0.4) is 0 Å². The first-order chi connectivity index (χ1) is 19.7. The minimum Gasteiger partial charge on any atom is -0.490 e. The van der Waals surface area contributed by atoms with Crippen LogP contribution in [0, 0.1) is 26.2 Å². The van der Waals surface area contributed by atoms with Gasteiger partial charge in [0.15, 0.2) is 17.3 Å². The van der Waals surface area contributed by atoms with Gasteiger partial charge in [-0.25, -0.2) is 0 Å². The number of ether oxygens (including phenoxy) is 3. The molecule has 8 nitrogen and oxygen atoms in total. The summed E-state index contributed by atoms with van der Waals surface area (Å²) in [6.07, 6.45) is 1.57. The molecule has 2 aliphatic heterocycles. The van der Waals surface area contributed by atoms with Crippen molar-refractivity contribution in [1.29, 1.82) is 5.41 Å². The Kier molecular flexibility index (Phi) is 8.46. The van der Waals surface area contributed by atoms with Crippen LogP contribution in [0.5, 0.6) is 17.2 Å². The second-order valence-corrected chi connectivity index (χ2v) is 10.8. The van der Waals surface area contributed by atoms with Crippen LogP contribution in [-0.2, 0) is 4.79 Å². The molecule has 210 valence electrons. The van der Waals surface area contributed by atoms with Gasteiger partial charge in [-0.15, -0.1) is 0 Å². The summed E-state index contributed by atoms with van der Waals surface area (Å²) in [6, 6.07) is 17.3. The maximum absolute atomic E-state index is 13.0. The highest BCUT2D eigenvalue weighted by Gasteiger charge is 2.36. The van der Waals surface area contributed by atoms with E-state index < -0.39 is 5.91 Å². The highest BCUT2D eigenvalue weighted by atomic mass is 35.5. The van der Waals surface area contributed by atoms with Crippen LogP contribution in [0.4, 0.5) is 0 Å². The minimum atomic E-state index is -0.521. The van der Waals surface area contributed by atoms with Gasteiger partial charge in [-0.05, 0) is 74.4 Å². The summed E-state index contributed by atoms with van der Waals surface area (Å²) in [6.45, 7) is 8.83. The quantitative estimate of drug-likeness (QED) is 0.218. The third-order valence-electron chi connectivity index (χ3n) is 6.38. The number of hydrogen-bond acceptors (Lipinski definition) is 7. The molecule has 0 aromatic heterocycles. The van der Waals surface area contributed by atoms with Crippen molar-refractivity contribution in [2.75, 3.05) is 19.8 Å². The standard InChI is InChI=1S/C31H29ClN4O4S/c1-5-38-25-17-21(16-24(32)27(25)40-14-13-39-26-19(3)7-6-8-20(26)4)15-23-28(33)36-31(34-29(23)37)41-30(35-36)22-11-9-18(2)10-12-22/h6-12,15-17,33H,5,13-14H2,1-4H3. The van der Waals surface area contributed by atoms with Gasteiger partial charge in [0.2, 0.25) is 5.17 Å². The Morgan fingerprint density at radius 3 is 2.34 bits per heavy atom. The molecule has 5 rings (SSSR count). The van der Waals surface area contributed by atoms with E-state index in [1.165, 1.54) is 16.8 Å². The van der Waals surface area contributed by atoms with Crippen LogP contribution in [-0.4, -0.2) is 46.8 Å². The normalized spacial score (nSPS) is 15.5. The number of hydrogen-bond donors (Lipinski definition) is 1. The fourth-order valence-electron chi connectivity index (χ4n) is 4.36. The Morgan fingerprint density at radius 1 is 0.976 bits per heavy atom. The summed E-state index contributed by atoms with van der Waals surface area (Å²) in [5.74, 6) is 1.06. The predicted molar refractivity (Wildman–Crippen MR) is 165 cm³/mol. The first kappa shape index (κ1) is 28.4. The fourth-order valence-corrected chi connectivity index (χ4v) is 5.53. The number of benzene rings is 3. The number of carbonyl (C=O) groups excluding carboxylic acids is 1. The Hall–Kier alpha value is -4.08. The summed E-state index contributed by atoms with van der Waals surface area (Å²) >= 11 is 7.88. The number of aryl methyl sites for hydroxylation is 3. The molecule has 0 atom stereocenters. The lowest BCUT2D eigenvalue weighted by Crippen LogP contribution is -2.35. The van der Waals surface area contributed by atoms with E-state index in [-0.39, 0.29) is 18.0 Å². The van der Waals surface area contributed by atoms with Crippen molar-refractivity contribution in [3.63, 3.8) is 0 Å². The number of nitrogens with zero attached hydrogens (tertiary/aromatic N) is 3. The van der Waals surface area contributed by atoms with E-state index in [0.29, 0.717) is 45.5 Å². The number of halogens is 1. The van der Waals surface area contributed by atoms with E-state index >= 15 is 0 Å². The molecule has 0 saturated carbocycles. The van der Waals surface area contributed by atoms with Crippen LogP contribution in [0.1, 0.15) is 34.7 Å². The number of hydrazone groups is 1. The monoisotopic (exact) mass is 588 g/mol. The van der Waals surface area contributed by atoms with E-state index in [1.807, 2.05) is 70.2 Å². The molecular weight excluding hydrogens is 560 g/mol. The van der Waals surface area contributed by atoms with Gasteiger partial charge in [-0.2, -0.15) is 15.1 Å². The number of thioether (sulfide) groups is 1. The van der Waals surface area contributed by atoms with Crippen LogP contribution >= 0.6 is 23.4 Å². The molecule has 2 aliphatic rings. The average molecular weight is 589 g/mol. The summed E-state index contributed by atoms with van der Waals surface area (Å²) in [5.41, 5.74) is 4.80. The zero-order valence-electron chi connectivity index (χ0n) is 23.2. The molecule has 0 aliphatic carbocycles. The van der Waals surface area contributed by atoms with Gasteiger partial charge in [0.05, 0.1) is 17.2 Å². The Morgan fingerprint density at radius 2 is 1.66 bits per heavy atom. The largest absolute Gasteiger partial charge is 0.490 e. The SMILES string of the molecule is CCOc1cc(C=C2C(=N)N3N=C(c4ccc(C)cc4)SC3=NC2=O)cc(Cl)c1OCCOc1c(C)cccc1C. The molecule has 0 fully saturated rings. The second kappa shape index (κ2) is 12.2. The van der Waals surface area contributed by atoms with E-state index in [4.69, 9.17) is 31.2 Å². The highest BCUT2D eigenvalue weighted by Crippen LogP contribution is 2.38. The first-order valence-corrected chi connectivity index (χ1v) is 14.3. The van der Waals surface area contributed by atoms with E-state index in [2.05, 4.69) is 10.1 Å². The van der Waals surface area contributed by atoms with Gasteiger partial charge in [0, 0.05) is 5.56 Å². The molecule has 1 amide bonds. The van der Waals surface area contributed by atoms with E-state index in [0.717, 1.165) is 28.0 Å². The van der Waals surface area contributed by atoms with Crippen molar-refractivity contribution < 1.29 is 19.0 Å². The smallest absolute Gasteiger partial charge is 0.283 e. The van der Waals surface area contributed by atoms with Crippen molar-refractivity contribution in [3.8, 4) is 17.2 Å². The number of amidine groups is 2. The molecule has 10 heteroatoms. The summed E-state index contributed by atoms with van der Waals surface area (Å²) in [5, 5.41) is 16.0.